The predicted octanol–water partition coefficient (Wildman–Crippen LogP) is 4.55. The van der Waals surface area contributed by atoms with Gasteiger partial charge in [0.15, 0.2) is 11.6 Å². The van der Waals surface area contributed by atoms with Gasteiger partial charge in [-0.05, 0) is 58.7 Å². The summed E-state index contributed by atoms with van der Waals surface area (Å²) in [5, 5.41) is 0. The third kappa shape index (κ3) is 2.86. The van der Waals surface area contributed by atoms with Gasteiger partial charge in [-0.1, -0.05) is 12.1 Å². The van der Waals surface area contributed by atoms with Crippen molar-refractivity contribution in [3.05, 3.63) is 47.0 Å². The fraction of sp³-hybridized carbons (Fsp3) is 0.143. The number of nitrogen functional groups attached to an aromatic ring is 2. The van der Waals surface area contributed by atoms with Gasteiger partial charge in [0.2, 0.25) is 0 Å². The van der Waals surface area contributed by atoms with Crippen LogP contribution >= 0.6 is 21.6 Å². The molecule has 2 aromatic rings. The Morgan fingerprint density at radius 2 is 1.10 bits per heavy atom. The standard InChI is InChI=1S/C14H14F2N2S2/c1-7-3-5-9(11(15)13(7)17)19-20-10-6-4-8(2)14(18)12(10)16/h3-6H,17-18H2,1-2H3. The average Bonchev–Trinajstić information content (AvgIpc) is 2.43. The molecule has 0 aliphatic heterocycles. The maximum Gasteiger partial charge on any atom is 0.160 e. The normalized spacial score (nSPS) is 10.8. The van der Waals surface area contributed by atoms with Crippen LogP contribution in [0.15, 0.2) is 34.1 Å². The van der Waals surface area contributed by atoms with Crippen LogP contribution in [-0.2, 0) is 0 Å². The van der Waals surface area contributed by atoms with E-state index in [1.165, 1.54) is 0 Å². The van der Waals surface area contributed by atoms with Gasteiger partial charge in [-0.3, -0.25) is 0 Å². The van der Waals surface area contributed by atoms with Crippen LogP contribution in [0, 0.1) is 25.5 Å². The minimum Gasteiger partial charge on any atom is -0.396 e. The zero-order chi connectivity index (χ0) is 14.9. The Morgan fingerprint density at radius 1 is 0.750 bits per heavy atom. The second kappa shape index (κ2) is 5.93. The molecule has 2 aromatic carbocycles. The average molecular weight is 312 g/mol. The Bertz CT molecular complexity index is 603. The highest BCUT2D eigenvalue weighted by atomic mass is 33.1. The number of hydrogen-bond donors (Lipinski definition) is 2. The van der Waals surface area contributed by atoms with Gasteiger partial charge in [0.25, 0.3) is 0 Å². The molecule has 2 nitrogen and oxygen atoms in total. The van der Waals surface area contributed by atoms with Crippen LogP contribution in [0.25, 0.3) is 0 Å². The fourth-order valence-corrected chi connectivity index (χ4v) is 3.66. The second-order valence-corrected chi connectivity index (χ2v) is 6.60. The molecular formula is C14H14F2N2S2. The molecule has 0 unspecified atom stereocenters. The van der Waals surface area contributed by atoms with Crippen LogP contribution in [0.2, 0.25) is 0 Å². The number of halogens is 2. The van der Waals surface area contributed by atoms with E-state index in [2.05, 4.69) is 0 Å². The van der Waals surface area contributed by atoms with Crippen LogP contribution in [0.4, 0.5) is 20.2 Å². The topological polar surface area (TPSA) is 52.0 Å². The Kier molecular flexibility index (Phi) is 4.45. The Morgan fingerprint density at radius 3 is 1.45 bits per heavy atom. The number of nitrogens with two attached hydrogens (primary N) is 2. The largest absolute Gasteiger partial charge is 0.396 e. The first kappa shape index (κ1) is 15.0. The van der Waals surface area contributed by atoms with Crippen molar-refractivity contribution < 1.29 is 8.78 Å². The van der Waals surface area contributed by atoms with E-state index >= 15 is 0 Å². The lowest BCUT2D eigenvalue weighted by molar-refractivity contribution is 0.605. The van der Waals surface area contributed by atoms with Gasteiger partial charge in [-0.2, -0.15) is 0 Å². The zero-order valence-electron chi connectivity index (χ0n) is 11.0. The van der Waals surface area contributed by atoms with Crippen molar-refractivity contribution in [2.75, 3.05) is 11.5 Å². The number of anilines is 2. The van der Waals surface area contributed by atoms with Crippen molar-refractivity contribution in [1.82, 2.24) is 0 Å². The molecule has 0 saturated carbocycles. The van der Waals surface area contributed by atoms with E-state index in [0.29, 0.717) is 20.9 Å². The summed E-state index contributed by atoms with van der Waals surface area (Å²) in [6.45, 7) is 3.47. The molecule has 0 spiro atoms. The highest BCUT2D eigenvalue weighted by molar-refractivity contribution is 8.76. The number of benzene rings is 2. The third-order valence-electron chi connectivity index (χ3n) is 2.95. The van der Waals surface area contributed by atoms with Crippen molar-refractivity contribution in [3.8, 4) is 0 Å². The second-order valence-electron chi connectivity index (χ2n) is 4.38. The molecule has 20 heavy (non-hydrogen) atoms. The van der Waals surface area contributed by atoms with Crippen molar-refractivity contribution in [2.45, 2.75) is 23.6 Å². The van der Waals surface area contributed by atoms with Gasteiger partial charge in [0.05, 0.1) is 21.2 Å². The highest BCUT2D eigenvalue weighted by Gasteiger charge is 2.13. The summed E-state index contributed by atoms with van der Waals surface area (Å²) >= 11 is 0. The van der Waals surface area contributed by atoms with E-state index < -0.39 is 11.6 Å². The molecule has 0 aromatic heterocycles. The molecule has 0 saturated heterocycles. The van der Waals surface area contributed by atoms with Gasteiger partial charge in [-0.15, -0.1) is 0 Å². The highest BCUT2D eigenvalue weighted by Crippen LogP contribution is 2.42. The maximum absolute atomic E-state index is 13.9. The van der Waals surface area contributed by atoms with Crippen LogP contribution in [-0.4, -0.2) is 0 Å². The Hall–Kier alpha value is -1.40. The SMILES string of the molecule is Cc1ccc(SSc2ccc(C)c(N)c2F)c(F)c1N. The zero-order valence-corrected chi connectivity index (χ0v) is 12.7. The van der Waals surface area contributed by atoms with Crippen molar-refractivity contribution in [3.63, 3.8) is 0 Å². The number of rotatable bonds is 3. The summed E-state index contributed by atoms with van der Waals surface area (Å²) in [4.78, 5) is 0.744. The maximum atomic E-state index is 13.9. The number of hydrogen-bond acceptors (Lipinski definition) is 4. The quantitative estimate of drug-likeness (QED) is 0.645. The van der Waals surface area contributed by atoms with E-state index in [0.717, 1.165) is 21.6 Å². The van der Waals surface area contributed by atoms with Gasteiger partial charge < -0.3 is 11.5 Å². The van der Waals surface area contributed by atoms with Gasteiger partial charge in [0, 0.05) is 0 Å². The van der Waals surface area contributed by atoms with Crippen molar-refractivity contribution in [1.29, 1.82) is 0 Å². The van der Waals surface area contributed by atoms with Gasteiger partial charge in [-0.25, -0.2) is 8.78 Å². The molecule has 6 heteroatoms. The first-order chi connectivity index (χ1) is 9.41. The molecule has 0 aliphatic carbocycles. The summed E-state index contributed by atoms with van der Waals surface area (Å²) in [6.07, 6.45) is 0. The molecule has 4 N–H and O–H groups in total. The summed E-state index contributed by atoms with van der Waals surface area (Å²) < 4.78 is 27.9. The number of aryl methyl sites for hydroxylation is 2. The molecule has 0 amide bonds. The first-order valence-electron chi connectivity index (χ1n) is 5.85. The van der Waals surface area contributed by atoms with Crippen LogP contribution in [0.5, 0.6) is 0 Å². The molecule has 0 atom stereocenters. The van der Waals surface area contributed by atoms with Crippen LogP contribution in [0.1, 0.15) is 11.1 Å². The van der Waals surface area contributed by atoms with Gasteiger partial charge >= 0.3 is 0 Å². The lowest BCUT2D eigenvalue weighted by Crippen LogP contribution is -1.96. The van der Waals surface area contributed by atoms with Crippen LogP contribution in [0.3, 0.4) is 0 Å². The van der Waals surface area contributed by atoms with Crippen molar-refractivity contribution >= 4 is 33.0 Å². The molecule has 0 radical (unpaired) electrons. The fourth-order valence-electron chi connectivity index (χ4n) is 1.56. The van der Waals surface area contributed by atoms with Crippen LogP contribution < -0.4 is 11.5 Å². The molecule has 0 bridgehead atoms. The lowest BCUT2D eigenvalue weighted by atomic mass is 10.2. The monoisotopic (exact) mass is 312 g/mol. The first-order valence-corrected chi connectivity index (χ1v) is 8.00. The molecule has 0 heterocycles. The summed E-state index contributed by atoms with van der Waals surface area (Å²) in [5.74, 6) is -0.939. The van der Waals surface area contributed by atoms with E-state index in [1.54, 1.807) is 38.1 Å². The molecular weight excluding hydrogens is 298 g/mol. The van der Waals surface area contributed by atoms with E-state index in [4.69, 9.17) is 11.5 Å². The molecule has 106 valence electrons. The summed E-state index contributed by atoms with van der Waals surface area (Å²) in [6, 6.07) is 6.74. The Balaban J connectivity index is 2.22. The van der Waals surface area contributed by atoms with E-state index in [1.807, 2.05) is 0 Å². The molecule has 2 rings (SSSR count). The van der Waals surface area contributed by atoms with Crippen molar-refractivity contribution in [2.24, 2.45) is 0 Å². The summed E-state index contributed by atoms with van der Waals surface area (Å²) in [7, 11) is 2.24. The van der Waals surface area contributed by atoms with Gasteiger partial charge in [0.1, 0.15) is 0 Å². The smallest absolute Gasteiger partial charge is 0.160 e. The third-order valence-corrected chi connectivity index (χ3v) is 5.35. The predicted molar refractivity (Wildman–Crippen MR) is 82.8 cm³/mol. The minimum atomic E-state index is -0.469. The molecule has 0 fully saturated rings. The lowest BCUT2D eigenvalue weighted by Gasteiger charge is -2.09. The molecule has 0 aliphatic rings. The summed E-state index contributed by atoms with van der Waals surface area (Å²) in [5.41, 5.74) is 12.9. The minimum absolute atomic E-state index is 0.125. The Labute approximate surface area is 124 Å². The van der Waals surface area contributed by atoms with E-state index in [-0.39, 0.29) is 11.4 Å². The van der Waals surface area contributed by atoms with E-state index in [9.17, 15) is 8.78 Å².